The highest BCUT2D eigenvalue weighted by molar-refractivity contribution is 5.56. The highest BCUT2D eigenvalue weighted by Crippen LogP contribution is 2.27. The molecule has 0 saturated carbocycles. The smallest absolute Gasteiger partial charge is 0.0414 e. The second-order valence-electron chi connectivity index (χ2n) is 5.45. The van der Waals surface area contributed by atoms with Gasteiger partial charge in [0.2, 0.25) is 0 Å². The zero-order valence-electron chi connectivity index (χ0n) is 12.5. The normalized spacial score (nSPS) is 19.4. The molecule has 1 unspecified atom stereocenters. The minimum Gasteiger partial charge on any atom is -0.370 e. The molecule has 1 aliphatic rings. The molecule has 0 bridgehead atoms. The van der Waals surface area contributed by atoms with Crippen molar-refractivity contribution in [3.05, 3.63) is 29.3 Å². The lowest BCUT2D eigenvalue weighted by Gasteiger charge is -2.27. The molecule has 1 fully saturated rings. The summed E-state index contributed by atoms with van der Waals surface area (Å²) in [6.45, 7) is 11.9. The van der Waals surface area contributed by atoms with E-state index in [2.05, 4.69) is 48.8 Å². The maximum atomic E-state index is 5.88. The van der Waals surface area contributed by atoms with Crippen LogP contribution in [0.1, 0.15) is 31.4 Å². The Labute approximate surface area is 117 Å². The van der Waals surface area contributed by atoms with Crippen molar-refractivity contribution in [1.29, 1.82) is 0 Å². The van der Waals surface area contributed by atoms with Gasteiger partial charge in [-0.2, -0.15) is 0 Å². The zero-order valence-corrected chi connectivity index (χ0v) is 12.5. The predicted octanol–water partition coefficient (Wildman–Crippen LogP) is 2.37. The number of anilines is 1. The summed E-state index contributed by atoms with van der Waals surface area (Å²) < 4.78 is 0. The van der Waals surface area contributed by atoms with Crippen LogP contribution in [-0.4, -0.2) is 37.1 Å². The Morgan fingerprint density at radius 1 is 1.32 bits per heavy atom. The first-order valence-corrected chi connectivity index (χ1v) is 7.48. The molecular formula is C16H27N3. The summed E-state index contributed by atoms with van der Waals surface area (Å²) in [6, 6.07) is 7.31. The first kappa shape index (κ1) is 14.4. The third-order valence-corrected chi connectivity index (χ3v) is 4.29. The van der Waals surface area contributed by atoms with Crippen molar-refractivity contribution >= 4 is 5.69 Å². The van der Waals surface area contributed by atoms with E-state index in [1.54, 1.807) is 0 Å². The van der Waals surface area contributed by atoms with Gasteiger partial charge in [0.05, 0.1) is 0 Å². The average Bonchev–Trinajstić information content (AvgIpc) is 2.89. The minimum absolute atomic E-state index is 0.627. The minimum atomic E-state index is 0.627. The fourth-order valence-corrected chi connectivity index (χ4v) is 3.14. The van der Waals surface area contributed by atoms with Crippen molar-refractivity contribution in [2.45, 2.75) is 39.8 Å². The second kappa shape index (κ2) is 6.40. The molecule has 2 N–H and O–H groups in total. The van der Waals surface area contributed by atoms with Crippen LogP contribution in [-0.2, 0) is 6.54 Å². The lowest BCUT2D eigenvalue weighted by Crippen LogP contribution is -2.37. The second-order valence-corrected chi connectivity index (χ2v) is 5.45. The number of hydrogen-bond acceptors (Lipinski definition) is 3. The molecule has 1 aromatic rings. The summed E-state index contributed by atoms with van der Waals surface area (Å²) in [5.41, 5.74) is 9.81. The van der Waals surface area contributed by atoms with Crippen LogP contribution >= 0.6 is 0 Å². The van der Waals surface area contributed by atoms with Gasteiger partial charge in [0.15, 0.2) is 0 Å². The van der Waals surface area contributed by atoms with E-state index in [9.17, 15) is 0 Å². The molecule has 19 heavy (non-hydrogen) atoms. The van der Waals surface area contributed by atoms with Crippen LogP contribution in [0.15, 0.2) is 18.2 Å². The number of nitrogens with zero attached hydrogens (tertiary/aromatic N) is 2. The topological polar surface area (TPSA) is 32.5 Å². The highest BCUT2D eigenvalue weighted by Gasteiger charge is 2.27. The standard InChI is InChI=1S/C16H27N3/c1-4-18(5-2)15-8-9-19(12-15)16-10-13(3)6-7-14(16)11-17/h6-7,10,15H,4-5,8-9,11-12,17H2,1-3H3. The number of benzene rings is 1. The number of likely N-dealkylation sites (N-methyl/N-ethyl adjacent to an activating group) is 1. The highest BCUT2D eigenvalue weighted by atomic mass is 15.3. The van der Waals surface area contributed by atoms with Crippen molar-refractivity contribution in [3.63, 3.8) is 0 Å². The molecule has 1 aromatic carbocycles. The van der Waals surface area contributed by atoms with E-state index in [1.165, 1.54) is 23.2 Å². The van der Waals surface area contributed by atoms with Crippen LogP contribution in [0, 0.1) is 6.92 Å². The molecule has 3 nitrogen and oxygen atoms in total. The predicted molar refractivity (Wildman–Crippen MR) is 82.6 cm³/mol. The molecule has 0 aliphatic carbocycles. The third-order valence-electron chi connectivity index (χ3n) is 4.29. The summed E-state index contributed by atoms with van der Waals surface area (Å²) in [5, 5.41) is 0. The summed E-state index contributed by atoms with van der Waals surface area (Å²) in [7, 11) is 0. The van der Waals surface area contributed by atoms with E-state index in [4.69, 9.17) is 5.73 Å². The lowest BCUT2D eigenvalue weighted by molar-refractivity contribution is 0.232. The molecule has 2 rings (SSSR count). The summed E-state index contributed by atoms with van der Waals surface area (Å²) >= 11 is 0. The number of aryl methyl sites for hydroxylation is 1. The molecule has 0 spiro atoms. The molecule has 1 saturated heterocycles. The molecule has 106 valence electrons. The van der Waals surface area contributed by atoms with Crippen molar-refractivity contribution in [2.75, 3.05) is 31.1 Å². The Morgan fingerprint density at radius 3 is 2.68 bits per heavy atom. The van der Waals surface area contributed by atoms with Gasteiger partial charge in [-0.25, -0.2) is 0 Å². The maximum Gasteiger partial charge on any atom is 0.0414 e. The largest absolute Gasteiger partial charge is 0.370 e. The van der Waals surface area contributed by atoms with Crippen LogP contribution < -0.4 is 10.6 Å². The molecule has 1 heterocycles. The number of nitrogens with two attached hydrogens (primary N) is 1. The first-order chi connectivity index (χ1) is 9.19. The van der Waals surface area contributed by atoms with Crippen molar-refractivity contribution in [2.24, 2.45) is 5.73 Å². The zero-order chi connectivity index (χ0) is 13.8. The molecule has 0 radical (unpaired) electrons. The third kappa shape index (κ3) is 3.10. The molecule has 0 aromatic heterocycles. The fraction of sp³-hybridized carbons (Fsp3) is 0.625. The molecule has 1 aliphatic heterocycles. The molecular weight excluding hydrogens is 234 g/mol. The van der Waals surface area contributed by atoms with Gasteiger partial charge < -0.3 is 10.6 Å². The fourth-order valence-electron chi connectivity index (χ4n) is 3.14. The Balaban J connectivity index is 2.14. The number of rotatable bonds is 5. The Bertz CT molecular complexity index is 412. The molecule has 1 atom stereocenters. The quantitative estimate of drug-likeness (QED) is 0.883. The SMILES string of the molecule is CCN(CC)C1CCN(c2cc(C)ccc2CN)C1. The Hall–Kier alpha value is -1.06. The average molecular weight is 261 g/mol. The van der Waals surface area contributed by atoms with E-state index < -0.39 is 0 Å². The first-order valence-electron chi connectivity index (χ1n) is 7.48. The van der Waals surface area contributed by atoms with Gasteiger partial charge in [0, 0.05) is 31.4 Å². The van der Waals surface area contributed by atoms with Crippen molar-refractivity contribution < 1.29 is 0 Å². The monoisotopic (exact) mass is 261 g/mol. The van der Waals surface area contributed by atoms with Gasteiger partial charge in [-0.05, 0) is 43.6 Å². The van der Waals surface area contributed by atoms with Gasteiger partial charge in [0.25, 0.3) is 0 Å². The maximum absolute atomic E-state index is 5.88. The van der Waals surface area contributed by atoms with E-state index >= 15 is 0 Å². The van der Waals surface area contributed by atoms with Gasteiger partial charge in [-0.3, -0.25) is 4.90 Å². The Morgan fingerprint density at radius 2 is 2.05 bits per heavy atom. The van der Waals surface area contributed by atoms with Crippen molar-refractivity contribution in [3.8, 4) is 0 Å². The van der Waals surface area contributed by atoms with E-state index in [0.29, 0.717) is 12.6 Å². The van der Waals surface area contributed by atoms with Gasteiger partial charge in [-0.1, -0.05) is 26.0 Å². The van der Waals surface area contributed by atoms with Crippen molar-refractivity contribution in [1.82, 2.24) is 4.90 Å². The van der Waals surface area contributed by atoms with Crippen LogP contribution in [0.2, 0.25) is 0 Å². The summed E-state index contributed by atoms with van der Waals surface area (Å²) in [5.74, 6) is 0. The summed E-state index contributed by atoms with van der Waals surface area (Å²) in [4.78, 5) is 5.08. The van der Waals surface area contributed by atoms with Gasteiger partial charge >= 0.3 is 0 Å². The lowest BCUT2D eigenvalue weighted by atomic mass is 10.1. The van der Waals surface area contributed by atoms with Gasteiger partial charge in [-0.15, -0.1) is 0 Å². The van der Waals surface area contributed by atoms with Crippen LogP contribution in [0.3, 0.4) is 0 Å². The molecule has 0 amide bonds. The van der Waals surface area contributed by atoms with Crippen LogP contribution in [0.5, 0.6) is 0 Å². The van der Waals surface area contributed by atoms with E-state index in [0.717, 1.165) is 26.2 Å². The van der Waals surface area contributed by atoms with E-state index in [1.807, 2.05) is 0 Å². The number of hydrogen-bond donors (Lipinski definition) is 1. The molecule has 3 heteroatoms. The van der Waals surface area contributed by atoms with Crippen LogP contribution in [0.4, 0.5) is 5.69 Å². The van der Waals surface area contributed by atoms with E-state index in [-0.39, 0.29) is 0 Å². The van der Waals surface area contributed by atoms with Crippen LogP contribution in [0.25, 0.3) is 0 Å². The summed E-state index contributed by atoms with van der Waals surface area (Å²) in [6.07, 6.45) is 1.26. The van der Waals surface area contributed by atoms with Gasteiger partial charge in [0.1, 0.15) is 0 Å². The Kier molecular flexibility index (Phi) is 4.83.